The lowest BCUT2D eigenvalue weighted by molar-refractivity contribution is -0.137. The summed E-state index contributed by atoms with van der Waals surface area (Å²) >= 11 is 12.5. The van der Waals surface area contributed by atoms with Crippen molar-refractivity contribution in [3.05, 3.63) is 87.5 Å². The van der Waals surface area contributed by atoms with E-state index in [0.29, 0.717) is 10.9 Å². The molecule has 0 saturated heterocycles. The number of aromatic nitrogens is 4. The van der Waals surface area contributed by atoms with Crippen molar-refractivity contribution in [2.75, 3.05) is 5.32 Å². The lowest BCUT2D eigenvalue weighted by Gasteiger charge is -2.15. The number of terminal acetylenes is 1. The molecule has 12 heteroatoms. The van der Waals surface area contributed by atoms with Gasteiger partial charge < -0.3 is 5.32 Å². The zero-order valence-corrected chi connectivity index (χ0v) is 18.8. The Bertz CT molecular complexity index is 1480. The molecule has 0 radical (unpaired) electrons. The van der Waals surface area contributed by atoms with Crippen molar-refractivity contribution >= 4 is 34.8 Å². The third-order valence-corrected chi connectivity index (χ3v) is 5.51. The van der Waals surface area contributed by atoms with E-state index in [2.05, 4.69) is 26.4 Å². The second kappa shape index (κ2) is 9.37. The number of hydrogen-bond acceptors (Lipinski definition) is 4. The van der Waals surface area contributed by atoms with Gasteiger partial charge in [-0.1, -0.05) is 47.3 Å². The zero-order chi connectivity index (χ0) is 25.3. The lowest BCUT2D eigenvalue weighted by atomic mass is 9.96. The summed E-state index contributed by atoms with van der Waals surface area (Å²) in [5, 5.41) is 9.46. The van der Waals surface area contributed by atoms with E-state index in [1.807, 2.05) is 0 Å². The van der Waals surface area contributed by atoms with E-state index in [4.69, 9.17) is 29.6 Å². The largest absolute Gasteiger partial charge is 0.420 e. The van der Waals surface area contributed by atoms with Crippen molar-refractivity contribution in [3.8, 4) is 29.3 Å². The minimum atomic E-state index is -4.84. The number of nitrogens with one attached hydrogen (secondary N) is 1. The minimum Gasteiger partial charge on any atom is -0.321 e. The summed E-state index contributed by atoms with van der Waals surface area (Å²) in [5.74, 6) is -0.238. The number of amides is 1. The lowest BCUT2D eigenvalue weighted by Crippen LogP contribution is -2.18. The molecule has 0 saturated carbocycles. The van der Waals surface area contributed by atoms with Gasteiger partial charge in [0.15, 0.2) is 5.82 Å². The molecule has 35 heavy (non-hydrogen) atoms. The number of carbonyl (C=O) groups excluding carboxylic acids is 1. The van der Waals surface area contributed by atoms with Crippen LogP contribution in [0.5, 0.6) is 0 Å². The van der Waals surface area contributed by atoms with Crippen molar-refractivity contribution in [3.63, 3.8) is 0 Å². The van der Waals surface area contributed by atoms with E-state index in [9.17, 15) is 18.0 Å². The van der Waals surface area contributed by atoms with E-state index in [1.54, 1.807) is 12.1 Å². The molecule has 0 aliphatic rings. The molecule has 0 atom stereocenters. The van der Waals surface area contributed by atoms with Crippen LogP contribution in [0.4, 0.5) is 23.2 Å². The van der Waals surface area contributed by atoms with E-state index >= 15 is 4.39 Å². The molecule has 1 N–H and O–H groups in total. The fourth-order valence-corrected chi connectivity index (χ4v) is 3.79. The van der Waals surface area contributed by atoms with Crippen molar-refractivity contribution < 1.29 is 22.4 Å². The van der Waals surface area contributed by atoms with Gasteiger partial charge in [0.1, 0.15) is 11.4 Å². The number of anilines is 1. The maximum atomic E-state index is 15.1. The standard InChI is InChI=1S/C23H11Cl2F4N5O/c1-2-13-19(14-5-3-4-6-17(14)24)18(26)10-15(20(13)25)22(35)33-12-9-16(23(27,28)29)21(30-11-12)34-31-7-8-32-34/h1,3-11H,(H,33,35). The van der Waals surface area contributed by atoms with Crippen LogP contribution in [-0.4, -0.2) is 25.9 Å². The molecule has 0 fully saturated rings. The minimum absolute atomic E-state index is 0.0863. The molecule has 176 valence electrons. The fourth-order valence-electron chi connectivity index (χ4n) is 3.27. The Hall–Kier alpha value is -3.94. The first kappa shape index (κ1) is 24.2. The molecule has 0 aliphatic carbocycles. The molecule has 0 aliphatic heterocycles. The van der Waals surface area contributed by atoms with Crippen LogP contribution in [0.1, 0.15) is 21.5 Å². The van der Waals surface area contributed by atoms with Gasteiger partial charge in [-0.15, -0.1) is 11.2 Å². The first-order valence-electron chi connectivity index (χ1n) is 9.60. The number of rotatable bonds is 4. The number of benzene rings is 2. The van der Waals surface area contributed by atoms with Crippen LogP contribution in [0.3, 0.4) is 0 Å². The van der Waals surface area contributed by atoms with Crippen molar-refractivity contribution in [2.24, 2.45) is 0 Å². The second-order valence-corrected chi connectivity index (χ2v) is 7.74. The Morgan fingerprint density at radius 3 is 2.43 bits per heavy atom. The summed E-state index contributed by atoms with van der Waals surface area (Å²) < 4.78 is 55.9. The summed E-state index contributed by atoms with van der Waals surface area (Å²) in [4.78, 5) is 17.3. The SMILES string of the molecule is C#Cc1c(Cl)c(C(=O)Nc2cnc(-n3nccn3)c(C(F)(F)F)c2)cc(F)c1-c1ccccc1Cl. The smallest absolute Gasteiger partial charge is 0.321 e. The number of nitrogens with zero attached hydrogens (tertiary/aromatic N) is 4. The number of pyridine rings is 1. The number of carbonyl (C=O) groups is 1. The molecule has 4 rings (SSSR count). The van der Waals surface area contributed by atoms with Gasteiger partial charge in [-0.3, -0.25) is 4.79 Å². The highest BCUT2D eigenvalue weighted by atomic mass is 35.5. The maximum absolute atomic E-state index is 15.1. The topological polar surface area (TPSA) is 72.7 Å². The van der Waals surface area contributed by atoms with Crippen LogP contribution in [0, 0.1) is 18.2 Å². The van der Waals surface area contributed by atoms with E-state index in [0.717, 1.165) is 12.3 Å². The Morgan fingerprint density at radius 1 is 1.11 bits per heavy atom. The van der Waals surface area contributed by atoms with Gasteiger partial charge in [-0.05, 0) is 18.2 Å². The van der Waals surface area contributed by atoms with Crippen LogP contribution in [0.15, 0.2) is 55.0 Å². The monoisotopic (exact) mass is 519 g/mol. The van der Waals surface area contributed by atoms with Gasteiger partial charge in [-0.2, -0.15) is 23.4 Å². The van der Waals surface area contributed by atoms with Gasteiger partial charge in [0.05, 0.1) is 40.4 Å². The molecule has 2 aromatic carbocycles. The van der Waals surface area contributed by atoms with E-state index in [-0.39, 0.29) is 38.0 Å². The van der Waals surface area contributed by atoms with Crippen molar-refractivity contribution in [1.82, 2.24) is 20.0 Å². The summed E-state index contributed by atoms with van der Waals surface area (Å²) in [6.07, 6.45) is 4.03. The molecule has 1 amide bonds. The van der Waals surface area contributed by atoms with Gasteiger partial charge in [0.25, 0.3) is 5.91 Å². The van der Waals surface area contributed by atoms with Crippen LogP contribution < -0.4 is 5.32 Å². The molecule has 6 nitrogen and oxygen atoms in total. The summed E-state index contributed by atoms with van der Waals surface area (Å²) in [6.45, 7) is 0. The first-order chi connectivity index (χ1) is 16.6. The summed E-state index contributed by atoms with van der Waals surface area (Å²) in [6, 6.07) is 7.78. The summed E-state index contributed by atoms with van der Waals surface area (Å²) in [7, 11) is 0. The third kappa shape index (κ3) is 4.69. The fraction of sp³-hybridized carbons (Fsp3) is 0.0435. The van der Waals surface area contributed by atoms with Crippen molar-refractivity contribution in [1.29, 1.82) is 0 Å². The Labute approximate surface area is 205 Å². The Morgan fingerprint density at radius 2 is 1.80 bits per heavy atom. The maximum Gasteiger partial charge on any atom is 0.420 e. The van der Waals surface area contributed by atoms with Gasteiger partial charge in [0, 0.05) is 16.1 Å². The Kier molecular flexibility index (Phi) is 6.47. The van der Waals surface area contributed by atoms with E-state index < -0.39 is 29.3 Å². The highest BCUT2D eigenvalue weighted by Gasteiger charge is 2.36. The van der Waals surface area contributed by atoms with Crippen LogP contribution in [-0.2, 0) is 6.18 Å². The number of hydrogen-bond donors (Lipinski definition) is 1. The number of halogens is 6. The molecule has 2 aromatic heterocycles. The Balaban J connectivity index is 1.74. The normalized spacial score (nSPS) is 11.2. The van der Waals surface area contributed by atoms with E-state index in [1.165, 1.54) is 24.5 Å². The third-order valence-electron chi connectivity index (χ3n) is 4.79. The van der Waals surface area contributed by atoms with Gasteiger partial charge >= 0.3 is 6.18 Å². The summed E-state index contributed by atoms with van der Waals surface area (Å²) in [5.41, 5.74) is -1.89. The second-order valence-electron chi connectivity index (χ2n) is 6.96. The molecular weight excluding hydrogens is 509 g/mol. The van der Waals surface area contributed by atoms with Gasteiger partial charge in [-0.25, -0.2) is 9.37 Å². The van der Waals surface area contributed by atoms with Crippen LogP contribution in [0.25, 0.3) is 16.9 Å². The van der Waals surface area contributed by atoms with Crippen LogP contribution >= 0.6 is 23.2 Å². The zero-order valence-electron chi connectivity index (χ0n) is 17.2. The van der Waals surface area contributed by atoms with Gasteiger partial charge in [0.2, 0.25) is 0 Å². The predicted octanol–water partition coefficient (Wildman–Crippen LogP) is 6.03. The molecule has 0 spiro atoms. The molecule has 0 unspecified atom stereocenters. The quantitative estimate of drug-likeness (QED) is 0.264. The highest BCUT2D eigenvalue weighted by molar-refractivity contribution is 6.37. The highest BCUT2D eigenvalue weighted by Crippen LogP contribution is 2.38. The number of alkyl halides is 3. The average Bonchev–Trinajstić information content (AvgIpc) is 3.35. The van der Waals surface area contributed by atoms with Crippen molar-refractivity contribution in [2.45, 2.75) is 6.18 Å². The molecule has 4 aromatic rings. The molecular formula is C23H11Cl2F4N5O. The predicted molar refractivity (Wildman–Crippen MR) is 122 cm³/mol. The first-order valence-corrected chi connectivity index (χ1v) is 10.4. The molecule has 0 bridgehead atoms. The molecule has 2 heterocycles. The van der Waals surface area contributed by atoms with Crippen LogP contribution in [0.2, 0.25) is 10.0 Å². The average molecular weight is 520 g/mol.